The molecular weight excluding hydrogens is 332 g/mol. The number of hydrogen-bond donors (Lipinski definition) is 2. The summed E-state index contributed by atoms with van der Waals surface area (Å²) in [5, 5.41) is 18.8. The Morgan fingerprint density at radius 2 is 1.27 bits per heavy atom. The Morgan fingerprint density at radius 1 is 0.808 bits per heavy atom. The van der Waals surface area contributed by atoms with E-state index in [4.69, 9.17) is 4.74 Å². The zero-order valence-electron chi connectivity index (χ0n) is 14.5. The van der Waals surface area contributed by atoms with Crippen LogP contribution in [0.4, 0.5) is 0 Å². The molecule has 0 bridgehead atoms. The van der Waals surface area contributed by atoms with Crippen LogP contribution < -0.4 is 0 Å². The lowest BCUT2D eigenvalue weighted by molar-refractivity contribution is -0.172. The Kier molecular flexibility index (Phi) is 5.26. The van der Waals surface area contributed by atoms with Gasteiger partial charge in [-0.25, -0.2) is 0 Å². The summed E-state index contributed by atoms with van der Waals surface area (Å²) in [5.74, 6) is -0.138. The van der Waals surface area contributed by atoms with E-state index in [2.05, 4.69) is 0 Å². The highest BCUT2D eigenvalue weighted by atomic mass is 16.6. The summed E-state index contributed by atoms with van der Waals surface area (Å²) in [6.45, 7) is 0. The first kappa shape index (κ1) is 18.0. The van der Waals surface area contributed by atoms with Gasteiger partial charge in [0.25, 0.3) is 0 Å². The van der Waals surface area contributed by atoms with E-state index in [1.54, 1.807) is 24.3 Å². The molecule has 5 nitrogen and oxygen atoms in total. The second kappa shape index (κ2) is 7.60. The van der Waals surface area contributed by atoms with Gasteiger partial charge in [-0.05, 0) is 61.1 Å². The molecule has 2 aromatic rings. The summed E-state index contributed by atoms with van der Waals surface area (Å²) in [5.41, 5.74) is 1.23. The van der Waals surface area contributed by atoms with Gasteiger partial charge in [-0.2, -0.15) is 0 Å². The minimum atomic E-state index is -0.803. The SMILES string of the molecule is O=C1CC(=O)OC(CCc2ccc(O)cc2)(CCc2ccc(O)cc2)C1. The molecule has 1 saturated heterocycles. The van der Waals surface area contributed by atoms with Crippen LogP contribution in [0, 0.1) is 0 Å². The first-order chi connectivity index (χ1) is 12.4. The van der Waals surface area contributed by atoms with E-state index in [0.29, 0.717) is 25.7 Å². The van der Waals surface area contributed by atoms with E-state index in [1.807, 2.05) is 24.3 Å². The maximum absolute atomic E-state index is 12.0. The van der Waals surface area contributed by atoms with E-state index in [1.165, 1.54) is 0 Å². The van der Waals surface area contributed by atoms with E-state index >= 15 is 0 Å². The van der Waals surface area contributed by atoms with Crippen molar-refractivity contribution < 1.29 is 24.5 Å². The normalized spacial score (nSPS) is 16.3. The van der Waals surface area contributed by atoms with Crippen LogP contribution in [0.15, 0.2) is 48.5 Å². The number of carbonyl (C=O) groups is 2. The van der Waals surface area contributed by atoms with Gasteiger partial charge in [0.05, 0.1) is 0 Å². The number of aryl methyl sites for hydroxylation is 2. The number of hydrogen-bond acceptors (Lipinski definition) is 5. The number of aromatic hydroxyl groups is 2. The number of rotatable bonds is 6. The van der Waals surface area contributed by atoms with Crippen molar-refractivity contribution >= 4 is 11.8 Å². The smallest absolute Gasteiger partial charge is 0.313 e. The van der Waals surface area contributed by atoms with Crippen molar-refractivity contribution in [2.45, 2.75) is 44.1 Å². The fourth-order valence-electron chi connectivity index (χ4n) is 3.37. The monoisotopic (exact) mass is 354 g/mol. The van der Waals surface area contributed by atoms with Crippen LogP contribution in [0.1, 0.15) is 36.8 Å². The molecule has 1 heterocycles. The third-order valence-electron chi connectivity index (χ3n) is 4.80. The highest BCUT2D eigenvalue weighted by molar-refractivity contribution is 5.98. The number of ketones is 1. The summed E-state index contributed by atoms with van der Waals surface area (Å²) in [4.78, 5) is 23.9. The second-order valence-electron chi connectivity index (χ2n) is 6.88. The molecule has 0 spiro atoms. The lowest BCUT2D eigenvalue weighted by Crippen LogP contribution is -2.43. The van der Waals surface area contributed by atoms with Gasteiger partial charge < -0.3 is 14.9 Å². The molecule has 136 valence electrons. The van der Waals surface area contributed by atoms with Crippen molar-refractivity contribution in [3.05, 3.63) is 59.7 Å². The molecular formula is C21H22O5. The third kappa shape index (κ3) is 4.63. The van der Waals surface area contributed by atoms with Gasteiger partial charge in [0.2, 0.25) is 0 Å². The molecule has 0 amide bonds. The molecule has 0 aromatic heterocycles. The summed E-state index contributed by atoms with van der Waals surface area (Å²) >= 11 is 0. The van der Waals surface area contributed by atoms with Crippen LogP contribution in [-0.2, 0) is 27.2 Å². The molecule has 3 rings (SSSR count). The Bertz CT molecular complexity index is 710. The van der Waals surface area contributed by atoms with Gasteiger partial charge >= 0.3 is 5.97 Å². The average Bonchev–Trinajstić information content (AvgIpc) is 2.60. The van der Waals surface area contributed by atoms with Gasteiger partial charge in [-0.1, -0.05) is 24.3 Å². The number of benzene rings is 2. The number of phenolic OH excluding ortho intramolecular Hbond substituents is 2. The quantitative estimate of drug-likeness (QED) is 0.614. The number of esters is 1. The van der Waals surface area contributed by atoms with Crippen LogP contribution in [0.5, 0.6) is 11.5 Å². The molecule has 5 heteroatoms. The Morgan fingerprint density at radius 3 is 1.69 bits per heavy atom. The maximum Gasteiger partial charge on any atom is 0.313 e. The van der Waals surface area contributed by atoms with Crippen molar-refractivity contribution in [3.8, 4) is 11.5 Å². The number of phenols is 2. The molecule has 1 aliphatic rings. The van der Waals surface area contributed by atoms with Gasteiger partial charge in [0, 0.05) is 6.42 Å². The van der Waals surface area contributed by atoms with E-state index < -0.39 is 11.6 Å². The third-order valence-corrected chi connectivity index (χ3v) is 4.80. The summed E-state index contributed by atoms with van der Waals surface area (Å²) in [6, 6.07) is 13.8. The molecule has 1 fully saturated rings. The van der Waals surface area contributed by atoms with Crippen LogP contribution in [0.3, 0.4) is 0 Å². The predicted octanol–water partition coefficient (Wildman–Crippen LogP) is 3.31. The largest absolute Gasteiger partial charge is 0.508 e. The van der Waals surface area contributed by atoms with Crippen molar-refractivity contribution in [3.63, 3.8) is 0 Å². The van der Waals surface area contributed by atoms with Crippen LogP contribution in [-0.4, -0.2) is 27.6 Å². The van der Waals surface area contributed by atoms with Crippen molar-refractivity contribution in [1.29, 1.82) is 0 Å². The summed E-state index contributed by atoms with van der Waals surface area (Å²) in [7, 11) is 0. The fraction of sp³-hybridized carbons (Fsp3) is 0.333. The number of ether oxygens (including phenoxy) is 1. The molecule has 0 radical (unpaired) electrons. The predicted molar refractivity (Wildman–Crippen MR) is 95.9 cm³/mol. The minimum absolute atomic E-state index is 0.0855. The summed E-state index contributed by atoms with van der Waals surface area (Å²) in [6.07, 6.45) is 2.47. The summed E-state index contributed by atoms with van der Waals surface area (Å²) < 4.78 is 5.68. The highest BCUT2D eigenvalue weighted by Gasteiger charge is 2.40. The zero-order valence-corrected chi connectivity index (χ0v) is 14.5. The van der Waals surface area contributed by atoms with Gasteiger partial charge in [0.15, 0.2) is 0 Å². The molecule has 2 aromatic carbocycles. The minimum Gasteiger partial charge on any atom is -0.508 e. The van der Waals surface area contributed by atoms with Crippen LogP contribution >= 0.6 is 0 Å². The fourth-order valence-corrected chi connectivity index (χ4v) is 3.37. The van der Waals surface area contributed by atoms with E-state index in [0.717, 1.165) is 11.1 Å². The van der Waals surface area contributed by atoms with Gasteiger partial charge in [-0.3, -0.25) is 9.59 Å². The Labute approximate surface area is 152 Å². The molecule has 2 N–H and O–H groups in total. The average molecular weight is 354 g/mol. The highest BCUT2D eigenvalue weighted by Crippen LogP contribution is 2.33. The first-order valence-electron chi connectivity index (χ1n) is 8.73. The molecule has 1 aliphatic heterocycles. The maximum atomic E-state index is 12.0. The lowest BCUT2D eigenvalue weighted by atomic mass is 9.82. The number of cyclic esters (lactones) is 1. The van der Waals surface area contributed by atoms with E-state index in [9.17, 15) is 19.8 Å². The standard InChI is InChI=1S/C21H22O5/c22-17-5-1-15(2-6-17)9-11-21(14-19(24)13-20(25)26-21)12-10-16-3-7-18(23)8-4-16/h1-8,22-23H,9-14H2. The Hall–Kier alpha value is -2.82. The first-order valence-corrected chi connectivity index (χ1v) is 8.73. The number of carbonyl (C=O) groups excluding carboxylic acids is 2. The van der Waals surface area contributed by atoms with Gasteiger partial charge in [0.1, 0.15) is 29.3 Å². The van der Waals surface area contributed by atoms with Crippen LogP contribution in [0.2, 0.25) is 0 Å². The zero-order chi connectivity index (χ0) is 18.6. The Balaban J connectivity index is 1.72. The second-order valence-corrected chi connectivity index (χ2v) is 6.88. The molecule has 0 unspecified atom stereocenters. The molecule has 0 aliphatic carbocycles. The van der Waals surface area contributed by atoms with Crippen molar-refractivity contribution in [1.82, 2.24) is 0 Å². The molecule has 0 atom stereocenters. The van der Waals surface area contributed by atoms with E-state index in [-0.39, 0.29) is 30.1 Å². The number of Topliss-reactive ketones (excluding diaryl/α,β-unsaturated/α-hetero) is 1. The van der Waals surface area contributed by atoms with Gasteiger partial charge in [-0.15, -0.1) is 0 Å². The molecule has 26 heavy (non-hydrogen) atoms. The van der Waals surface area contributed by atoms with Crippen molar-refractivity contribution in [2.75, 3.05) is 0 Å². The lowest BCUT2D eigenvalue weighted by Gasteiger charge is -2.36. The van der Waals surface area contributed by atoms with Crippen LogP contribution in [0.25, 0.3) is 0 Å². The van der Waals surface area contributed by atoms with Crippen molar-refractivity contribution in [2.24, 2.45) is 0 Å². The molecule has 0 saturated carbocycles. The topological polar surface area (TPSA) is 83.8 Å².